The van der Waals surface area contributed by atoms with E-state index in [-0.39, 0.29) is 24.5 Å². The fourth-order valence-electron chi connectivity index (χ4n) is 3.26. The lowest BCUT2D eigenvalue weighted by Gasteiger charge is -2.25. The van der Waals surface area contributed by atoms with Gasteiger partial charge in [-0.2, -0.15) is 0 Å². The Morgan fingerprint density at radius 3 is 2.62 bits per heavy atom. The molecule has 5 heteroatoms. The van der Waals surface area contributed by atoms with E-state index in [9.17, 15) is 14.7 Å². The van der Waals surface area contributed by atoms with Gasteiger partial charge >= 0.3 is 12.1 Å². The van der Waals surface area contributed by atoms with Crippen LogP contribution in [0.25, 0.3) is 0 Å². The molecule has 1 amide bonds. The molecule has 2 N–H and O–H groups in total. The lowest BCUT2D eigenvalue weighted by atomic mass is 9.89. The molecule has 5 nitrogen and oxygen atoms in total. The van der Waals surface area contributed by atoms with Crippen LogP contribution >= 0.6 is 0 Å². The quantitative estimate of drug-likeness (QED) is 0.832. The number of ether oxygens (including phenoxy) is 1. The number of carboxylic acid groups (broad SMARTS) is 1. The summed E-state index contributed by atoms with van der Waals surface area (Å²) in [4.78, 5) is 23.2. The first kappa shape index (κ1) is 13.7. The smallest absolute Gasteiger partial charge is 0.407 e. The van der Waals surface area contributed by atoms with Crippen LogP contribution in [0.2, 0.25) is 0 Å². The molecule has 0 aliphatic heterocycles. The Balaban J connectivity index is 1.57. The van der Waals surface area contributed by atoms with E-state index in [4.69, 9.17) is 4.74 Å². The maximum Gasteiger partial charge on any atom is 0.407 e. The van der Waals surface area contributed by atoms with Crippen molar-refractivity contribution in [2.24, 2.45) is 17.8 Å². The summed E-state index contributed by atoms with van der Waals surface area (Å²) in [5.41, 5.74) is 0.898. The molecule has 2 aliphatic carbocycles. The number of allylic oxidation sites excluding steroid dienone is 1. The Hall–Kier alpha value is -2.30. The molecule has 110 valence electrons. The monoisotopic (exact) mass is 287 g/mol. The predicted octanol–water partition coefficient (Wildman–Crippen LogP) is 2.19. The third kappa shape index (κ3) is 2.77. The zero-order valence-electron chi connectivity index (χ0n) is 11.4. The van der Waals surface area contributed by atoms with Gasteiger partial charge in [0.1, 0.15) is 6.61 Å². The van der Waals surface area contributed by atoms with E-state index in [0.29, 0.717) is 0 Å². The second kappa shape index (κ2) is 5.60. The molecule has 1 fully saturated rings. The number of alkyl carbamates (subject to hydrolysis) is 1. The van der Waals surface area contributed by atoms with Crippen molar-refractivity contribution in [3.05, 3.63) is 48.0 Å². The minimum absolute atomic E-state index is 0.0203. The summed E-state index contributed by atoms with van der Waals surface area (Å²) in [5, 5.41) is 12.0. The number of carboxylic acids is 1. The number of fused-ring (bicyclic) bond motifs is 2. The van der Waals surface area contributed by atoms with Crippen LogP contribution in [0.15, 0.2) is 42.5 Å². The topological polar surface area (TPSA) is 75.6 Å². The Morgan fingerprint density at radius 1 is 1.19 bits per heavy atom. The van der Waals surface area contributed by atoms with Crippen molar-refractivity contribution in [2.75, 3.05) is 0 Å². The summed E-state index contributed by atoms with van der Waals surface area (Å²) in [6, 6.07) is 9.00. The minimum atomic E-state index is -0.861. The summed E-state index contributed by atoms with van der Waals surface area (Å²) in [6.07, 6.45) is 4.17. The van der Waals surface area contributed by atoms with Gasteiger partial charge in [-0.05, 0) is 23.8 Å². The first-order valence-corrected chi connectivity index (χ1v) is 7.03. The number of carbonyl (C=O) groups excluding carboxylic acids is 1. The van der Waals surface area contributed by atoms with Gasteiger partial charge in [-0.1, -0.05) is 42.5 Å². The molecule has 0 saturated heterocycles. The standard InChI is InChI=1S/C16H17NO4/c18-15(19)13-11-6-7-12(8-11)14(13)17-16(20)21-9-10-4-2-1-3-5-10/h1-7,11-14H,8-9H2,(H,17,20)(H,18,19)/t11-,12-,13-,14-/m1/s1. The van der Waals surface area contributed by atoms with Gasteiger partial charge in [0.05, 0.1) is 12.0 Å². The van der Waals surface area contributed by atoms with E-state index in [1.807, 2.05) is 42.5 Å². The molecule has 4 atom stereocenters. The van der Waals surface area contributed by atoms with Gasteiger partial charge in [-0.25, -0.2) is 4.79 Å². The van der Waals surface area contributed by atoms with Gasteiger partial charge < -0.3 is 15.2 Å². The zero-order valence-corrected chi connectivity index (χ0v) is 11.4. The number of hydrogen-bond acceptors (Lipinski definition) is 3. The highest BCUT2D eigenvalue weighted by atomic mass is 16.5. The summed E-state index contributed by atoms with van der Waals surface area (Å²) in [7, 11) is 0. The summed E-state index contributed by atoms with van der Waals surface area (Å²) >= 11 is 0. The molecular formula is C16H17NO4. The van der Waals surface area contributed by atoms with Gasteiger partial charge in [-0.15, -0.1) is 0 Å². The van der Waals surface area contributed by atoms with Crippen molar-refractivity contribution in [3.63, 3.8) is 0 Å². The average Bonchev–Trinajstić information content (AvgIpc) is 3.07. The molecule has 2 bridgehead atoms. The highest BCUT2D eigenvalue weighted by Gasteiger charge is 2.49. The Morgan fingerprint density at radius 2 is 1.90 bits per heavy atom. The van der Waals surface area contributed by atoms with E-state index in [1.54, 1.807) is 0 Å². The maximum atomic E-state index is 11.9. The van der Waals surface area contributed by atoms with E-state index < -0.39 is 18.0 Å². The fourth-order valence-corrected chi connectivity index (χ4v) is 3.26. The van der Waals surface area contributed by atoms with Gasteiger partial charge in [0.2, 0.25) is 0 Å². The van der Waals surface area contributed by atoms with Crippen molar-refractivity contribution in [1.82, 2.24) is 5.32 Å². The van der Waals surface area contributed by atoms with Gasteiger partial charge in [-0.3, -0.25) is 4.79 Å². The Bertz CT molecular complexity index is 569. The number of nitrogens with one attached hydrogen (secondary N) is 1. The third-order valence-electron chi connectivity index (χ3n) is 4.24. The number of amides is 1. The lowest BCUT2D eigenvalue weighted by Crippen LogP contribution is -2.45. The Labute approximate surface area is 122 Å². The molecule has 0 aromatic heterocycles. The molecule has 3 rings (SSSR count). The highest BCUT2D eigenvalue weighted by molar-refractivity contribution is 5.75. The normalized spacial score (nSPS) is 29.3. The van der Waals surface area contributed by atoms with Crippen molar-refractivity contribution in [3.8, 4) is 0 Å². The zero-order chi connectivity index (χ0) is 14.8. The number of hydrogen-bond donors (Lipinski definition) is 2. The molecular weight excluding hydrogens is 270 g/mol. The molecule has 0 radical (unpaired) electrons. The summed E-state index contributed by atoms with van der Waals surface area (Å²) in [6.45, 7) is 0.182. The number of aliphatic carboxylic acids is 1. The van der Waals surface area contributed by atoms with Crippen LogP contribution in [-0.2, 0) is 16.1 Å². The van der Waals surface area contributed by atoms with Crippen molar-refractivity contribution in [2.45, 2.75) is 19.1 Å². The first-order chi connectivity index (χ1) is 10.1. The van der Waals surface area contributed by atoms with Crippen molar-refractivity contribution >= 4 is 12.1 Å². The molecule has 21 heavy (non-hydrogen) atoms. The number of carbonyl (C=O) groups is 2. The van der Waals surface area contributed by atoms with Crippen LogP contribution in [0.5, 0.6) is 0 Å². The van der Waals surface area contributed by atoms with E-state index in [1.165, 1.54) is 0 Å². The maximum absolute atomic E-state index is 11.9. The van der Waals surface area contributed by atoms with Gasteiger partial charge in [0.25, 0.3) is 0 Å². The van der Waals surface area contributed by atoms with Crippen LogP contribution in [0.1, 0.15) is 12.0 Å². The molecule has 1 saturated carbocycles. The van der Waals surface area contributed by atoms with Crippen LogP contribution in [0.3, 0.4) is 0 Å². The lowest BCUT2D eigenvalue weighted by molar-refractivity contribution is -0.143. The fraction of sp³-hybridized carbons (Fsp3) is 0.375. The summed E-state index contributed by atoms with van der Waals surface area (Å²) in [5.74, 6) is -1.29. The Kier molecular flexibility index (Phi) is 3.64. The second-order valence-corrected chi connectivity index (χ2v) is 5.54. The van der Waals surface area contributed by atoms with Crippen LogP contribution < -0.4 is 5.32 Å². The van der Waals surface area contributed by atoms with Crippen molar-refractivity contribution in [1.29, 1.82) is 0 Å². The molecule has 2 aliphatic rings. The number of rotatable bonds is 4. The average molecular weight is 287 g/mol. The molecule has 1 aromatic rings. The summed E-state index contributed by atoms with van der Waals surface area (Å²) < 4.78 is 5.16. The number of benzene rings is 1. The second-order valence-electron chi connectivity index (χ2n) is 5.54. The van der Waals surface area contributed by atoms with E-state index in [0.717, 1.165) is 12.0 Å². The highest BCUT2D eigenvalue weighted by Crippen LogP contribution is 2.43. The van der Waals surface area contributed by atoms with E-state index >= 15 is 0 Å². The predicted molar refractivity (Wildman–Crippen MR) is 75.4 cm³/mol. The molecule has 0 heterocycles. The van der Waals surface area contributed by atoms with Crippen molar-refractivity contribution < 1.29 is 19.4 Å². The van der Waals surface area contributed by atoms with E-state index in [2.05, 4.69) is 5.32 Å². The van der Waals surface area contributed by atoms with Crippen LogP contribution in [-0.4, -0.2) is 23.2 Å². The SMILES string of the molecule is O=C(N[C@H]1[C@H](C(=O)O)[C@@H]2C=C[C@@H]1C2)OCc1ccccc1. The van der Waals surface area contributed by atoms with Gasteiger partial charge in [0, 0.05) is 0 Å². The molecule has 0 unspecified atom stereocenters. The molecule has 0 spiro atoms. The van der Waals surface area contributed by atoms with Crippen LogP contribution in [0.4, 0.5) is 4.79 Å². The third-order valence-corrected chi connectivity index (χ3v) is 4.24. The largest absolute Gasteiger partial charge is 0.481 e. The first-order valence-electron chi connectivity index (χ1n) is 7.03. The molecule has 1 aromatic carbocycles. The minimum Gasteiger partial charge on any atom is -0.481 e. The van der Waals surface area contributed by atoms with Gasteiger partial charge in [0.15, 0.2) is 0 Å². The van der Waals surface area contributed by atoms with Crippen LogP contribution in [0, 0.1) is 17.8 Å².